The Morgan fingerprint density at radius 3 is 3.10 bits per heavy atom. The Labute approximate surface area is 124 Å². The zero-order chi connectivity index (χ0) is 14.6. The average Bonchev–Trinajstić information content (AvgIpc) is 3.01. The average molecular weight is 301 g/mol. The summed E-state index contributed by atoms with van der Waals surface area (Å²) in [4.78, 5) is 22.0. The molecule has 1 atom stereocenters. The van der Waals surface area contributed by atoms with Crippen LogP contribution in [0.1, 0.15) is 23.8 Å². The van der Waals surface area contributed by atoms with Crippen molar-refractivity contribution in [3.8, 4) is 11.5 Å². The SMILES string of the molecule is CC1CCc2c(sc3nc(-c4cn(C)nn4)[nH]c(=O)c23)C1. The van der Waals surface area contributed by atoms with Gasteiger partial charge in [-0.1, -0.05) is 12.1 Å². The van der Waals surface area contributed by atoms with Crippen LogP contribution in [0.4, 0.5) is 0 Å². The highest BCUT2D eigenvalue weighted by Crippen LogP contribution is 2.35. The number of fused-ring (bicyclic) bond motifs is 3. The first kappa shape index (κ1) is 12.7. The Morgan fingerprint density at radius 2 is 2.33 bits per heavy atom. The van der Waals surface area contributed by atoms with Crippen molar-refractivity contribution >= 4 is 21.6 Å². The predicted molar refractivity (Wildman–Crippen MR) is 81.4 cm³/mol. The summed E-state index contributed by atoms with van der Waals surface area (Å²) >= 11 is 1.65. The first-order valence-corrected chi connectivity index (χ1v) is 7.84. The minimum Gasteiger partial charge on any atom is -0.304 e. The van der Waals surface area contributed by atoms with E-state index in [-0.39, 0.29) is 5.56 Å². The lowest BCUT2D eigenvalue weighted by molar-refractivity contribution is 0.509. The Hall–Kier alpha value is -2.02. The molecule has 0 saturated heterocycles. The summed E-state index contributed by atoms with van der Waals surface area (Å²) in [5.74, 6) is 1.18. The molecule has 0 spiro atoms. The van der Waals surface area contributed by atoms with Gasteiger partial charge >= 0.3 is 0 Å². The molecule has 0 aromatic carbocycles. The van der Waals surface area contributed by atoms with E-state index >= 15 is 0 Å². The van der Waals surface area contributed by atoms with Crippen LogP contribution >= 0.6 is 11.3 Å². The minimum absolute atomic E-state index is 0.0623. The number of H-pyrrole nitrogens is 1. The number of rotatable bonds is 1. The van der Waals surface area contributed by atoms with Gasteiger partial charge in [0.15, 0.2) is 5.82 Å². The zero-order valence-corrected chi connectivity index (χ0v) is 12.7. The van der Waals surface area contributed by atoms with E-state index in [9.17, 15) is 4.79 Å². The number of nitrogens with zero attached hydrogens (tertiary/aromatic N) is 4. The number of hydrogen-bond acceptors (Lipinski definition) is 5. The lowest BCUT2D eigenvalue weighted by atomic mass is 9.89. The molecule has 7 heteroatoms. The lowest BCUT2D eigenvalue weighted by Gasteiger charge is -2.17. The molecule has 1 aliphatic carbocycles. The molecule has 108 valence electrons. The first-order chi connectivity index (χ1) is 10.1. The van der Waals surface area contributed by atoms with Crippen LogP contribution in [-0.2, 0) is 19.9 Å². The molecule has 3 aromatic rings. The molecule has 21 heavy (non-hydrogen) atoms. The second-order valence-corrected chi connectivity index (χ2v) is 6.81. The highest BCUT2D eigenvalue weighted by molar-refractivity contribution is 7.18. The molecule has 1 aliphatic rings. The van der Waals surface area contributed by atoms with Gasteiger partial charge in [-0.05, 0) is 30.7 Å². The molecular weight excluding hydrogens is 286 g/mol. The minimum atomic E-state index is -0.0623. The smallest absolute Gasteiger partial charge is 0.260 e. The highest BCUT2D eigenvalue weighted by atomic mass is 32.1. The van der Waals surface area contributed by atoms with Crippen LogP contribution in [0.25, 0.3) is 21.7 Å². The van der Waals surface area contributed by atoms with Crippen LogP contribution in [0.5, 0.6) is 0 Å². The van der Waals surface area contributed by atoms with Gasteiger partial charge < -0.3 is 4.98 Å². The van der Waals surface area contributed by atoms with Gasteiger partial charge in [0.25, 0.3) is 5.56 Å². The van der Waals surface area contributed by atoms with Crippen molar-refractivity contribution in [2.75, 3.05) is 0 Å². The van der Waals surface area contributed by atoms with Crippen molar-refractivity contribution in [1.82, 2.24) is 25.0 Å². The fourth-order valence-electron chi connectivity index (χ4n) is 2.93. The van der Waals surface area contributed by atoms with Gasteiger partial charge in [-0.25, -0.2) is 4.98 Å². The van der Waals surface area contributed by atoms with E-state index in [0.717, 1.165) is 29.5 Å². The predicted octanol–water partition coefficient (Wildman–Crippen LogP) is 1.90. The summed E-state index contributed by atoms with van der Waals surface area (Å²) in [5.41, 5.74) is 1.73. The van der Waals surface area contributed by atoms with Crippen LogP contribution in [0, 0.1) is 5.92 Å². The number of aromatic nitrogens is 5. The number of hydrogen-bond donors (Lipinski definition) is 1. The number of thiophene rings is 1. The molecule has 0 bridgehead atoms. The first-order valence-electron chi connectivity index (χ1n) is 7.03. The standard InChI is InChI=1S/C14H15N5OS/c1-7-3-4-8-10(5-7)21-14-11(8)13(20)15-12(16-14)9-6-19(2)18-17-9/h6-7H,3-5H2,1-2H3,(H,15,16,20). The molecule has 0 radical (unpaired) electrons. The van der Waals surface area contributed by atoms with Gasteiger partial charge in [-0.3, -0.25) is 9.48 Å². The van der Waals surface area contributed by atoms with Gasteiger partial charge in [-0.2, -0.15) is 0 Å². The molecular formula is C14H15N5OS. The van der Waals surface area contributed by atoms with E-state index < -0.39 is 0 Å². The maximum atomic E-state index is 12.5. The molecule has 0 saturated carbocycles. The summed E-state index contributed by atoms with van der Waals surface area (Å²) in [5, 5.41) is 8.67. The quantitative estimate of drug-likeness (QED) is 0.745. The second-order valence-electron chi connectivity index (χ2n) is 5.72. The fraction of sp³-hybridized carbons (Fsp3) is 0.429. The summed E-state index contributed by atoms with van der Waals surface area (Å²) in [6.45, 7) is 2.26. The topological polar surface area (TPSA) is 76.5 Å². The van der Waals surface area contributed by atoms with Crippen molar-refractivity contribution in [2.24, 2.45) is 13.0 Å². The summed E-state index contributed by atoms with van der Waals surface area (Å²) in [6, 6.07) is 0. The highest BCUT2D eigenvalue weighted by Gasteiger charge is 2.23. The molecule has 0 aliphatic heterocycles. The normalized spacial score (nSPS) is 18.1. The molecule has 4 rings (SSSR count). The molecule has 1 N–H and O–H groups in total. The van der Waals surface area contributed by atoms with Crippen LogP contribution < -0.4 is 5.56 Å². The van der Waals surface area contributed by atoms with Crippen molar-refractivity contribution in [2.45, 2.75) is 26.2 Å². The van der Waals surface area contributed by atoms with E-state index in [1.807, 2.05) is 0 Å². The maximum Gasteiger partial charge on any atom is 0.260 e. The molecule has 0 amide bonds. The van der Waals surface area contributed by atoms with E-state index in [1.165, 1.54) is 10.4 Å². The Morgan fingerprint density at radius 1 is 1.48 bits per heavy atom. The van der Waals surface area contributed by atoms with E-state index in [0.29, 0.717) is 17.4 Å². The van der Waals surface area contributed by atoms with Crippen molar-refractivity contribution in [3.63, 3.8) is 0 Å². The van der Waals surface area contributed by atoms with Gasteiger partial charge in [0.1, 0.15) is 10.5 Å². The van der Waals surface area contributed by atoms with Gasteiger partial charge in [0, 0.05) is 11.9 Å². The third-order valence-corrected chi connectivity index (χ3v) is 5.16. The lowest BCUT2D eigenvalue weighted by Crippen LogP contribution is -2.13. The maximum absolute atomic E-state index is 12.5. The Bertz CT molecular complexity index is 891. The van der Waals surface area contributed by atoms with Crippen LogP contribution in [0.3, 0.4) is 0 Å². The summed E-state index contributed by atoms with van der Waals surface area (Å²) in [7, 11) is 1.79. The molecule has 6 nitrogen and oxygen atoms in total. The van der Waals surface area contributed by atoms with Crippen molar-refractivity contribution < 1.29 is 0 Å². The molecule has 1 unspecified atom stereocenters. The molecule has 3 heterocycles. The van der Waals surface area contributed by atoms with Crippen LogP contribution in [0.15, 0.2) is 11.0 Å². The zero-order valence-electron chi connectivity index (χ0n) is 11.9. The molecule has 0 fully saturated rings. The van der Waals surface area contributed by atoms with E-state index in [1.54, 1.807) is 29.3 Å². The van der Waals surface area contributed by atoms with Gasteiger partial charge in [0.05, 0.1) is 11.6 Å². The third-order valence-electron chi connectivity index (χ3n) is 4.01. The molecule has 3 aromatic heterocycles. The summed E-state index contributed by atoms with van der Waals surface area (Å²) in [6.07, 6.45) is 4.92. The van der Waals surface area contributed by atoms with Gasteiger partial charge in [0.2, 0.25) is 0 Å². The Balaban J connectivity index is 1.93. The van der Waals surface area contributed by atoms with Crippen LogP contribution in [0.2, 0.25) is 0 Å². The van der Waals surface area contributed by atoms with Crippen molar-refractivity contribution in [3.05, 3.63) is 27.0 Å². The third kappa shape index (κ3) is 1.99. The van der Waals surface area contributed by atoms with E-state index in [4.69, 9.17) is 0 Å². The monoisotopic (exact) mass is 301 g/mol. The summed E-state index contributed by atoms with van der Waals surface area (Å²) < 4.78 is 1.60. The number of aromatic amines is 1. The second kappa shape index (κ2) is 4.49. The number of nitrogens with one attached hydrogen (secondary N) is 1. The van der Waals surface area contributed by atoms with E-state index in [2.05, 4.69) is 27.2 Å². The largest absolute Gasteiger partial charge is 0.304 e. The fourth-order valence-corrected chi connectivity index (χ4v) is 4.31. The van der Waals surface area contributed by atoms with Gasteiger partial charge in [-0.15, -0.1) is 16.4 Å². The number of aryl methyl sites for hydroxylation is 2. The van der Waals surface area contributed by atoms with Crippen molar-refractivity contribution in [1.29, 1.82) is 0 Å². The Kier molecular flexibility index (Phi) is 2.72. The van der Waals surface area contributed by atoms with Crippen LogP contribution in [-0.4, -0.2) is 25.0 Å².